The van der Waals surface area contributed by atoms with Crippen LogP contribution < -0.4 is 10.1 Å². The number of ether oxygens (including phenoxy) is 1. The van der Waals surface area contributed by atoms with Gasteiger partial charge in [0.2, 0.25) is 0 Å². The van der Waals surface area contributed by atoms with E-state index in [0.29, 0.717) is 12.0 Å². The first-order chi connectivity index (χ1) is 9.26. The van der Waals surface area contributed by atoms with E-state index in [9.17, 15) is 0 Å². The fourth-order valence-corrected chi connectivity index (χ4v) is 3.25. The first kappa shape index (κ1) is 14.7. The first-order valence-corrected chi connectivity index (χ1v) is 7.71. The SMILES string of the molecule is CCCNC(c1cc(Cl)ccc1OC)C1CCCC1. The van der Waals surface area contributed by atoms with Gasteiger partial charge < -0.3 is 10.1 Å². The Labute approximate surface area is 121 Å². The van der Waals surface area contributed by atoms with E-state index in [1.165, 1.54) is 31.2 Å². The van der Waals surface area contributed by atoms with E-state index in [1.54, 1.807) is 7.11 Å². The maximum atomic E-state index is 6.18. The topological polar surface area (TPSA) is 21.3 Å². The van der Waals surface area contributed by atoms with Crippen LogP contribution in [0.5, 0.6) is 5.75 Å². The van der Waals surface area contributed by atoms with Crippen LogP contribution in [0.15, 0.2) is 18.2 Å². The minimum atomic E-state index is 0.371. The Morgan fingerprint density at radius 3 is 2.74 bits per heavy atom. The van der Waals surface area contributed by atoms with Crippen LogP contribution in [0.4, 0.5) is 0 Å². The second kappa shape index (κ2) is 7.16. The molecule has 0 spiro atoms. The molecule has 1 atom stereocenters. The Balaban J connectivity index is 2.27. The monoisotopic (exact) mass is 281 g/mol. The van der Waals surface area contributed by atoms with Crippen molar-refractivity contribution in [3.05, 3.63) is 28.8 Å². The van der Waals surface area contributed by atoms with Crippen molar-refractivity contribution in [1.29, 1.82) is 0 Å². The van der Waals surface area contributed by atoms with Crippen molar-refractivity contribution in [2.75, 3.05) is 13.7 Å². The third-order valence-corrected chi connectivity index (χ3v) is 4.25. The largest absolute Gasteiger partial charge is 0.496 e. The van der Waals surface area contributed by atoms with E-state index in [-0.39, 0.29) is 0 Å². The Hall–Kier alpha value is -0.730. The van der Waals surface area contributed by atoms with E-state index in [2.05, 4.69) is 18.3 Å². The highest BCUT2D eigenvalue weighted by molar-refractivity contribution is 6.30. The highest BCUT2D eigenvalue weighted by Gasteiger charge is 2.28. The van der Waals surface area contributed by atoms with E-state index < -0.39 is 0 Å². The molecule has 1 aromatic carbocycles. The molecule has 0 bridgehead atoms. The molecule has 1 fully saturated rings. The zero-order valence-corrected chi connectivity index (χ0v) is 12.7. The van der Waals surface area contributed by atoms with Crippen molar-refractivity contribution in [2.45, 2.75) is 45.1 Å². The summed E-state index contributed by atoms with van der Waals surface area (Å²) in [5, 5.41) is 4.48. The summed E-state index contributed by atoms with van der Waals surface area (Å²) in [6.07, 6.45) is 6.44. The highest BCUT2D eigenvalue weighted by Crippen LogP contribution is 2.39. The van der Waals surface area contributed by atoms with Gasteiger partial charge in [0.05, 0.1) is 7.11 Å². The number of halogens is 1. The zero-order valence-electron chi connectivity index (χ0n) is 11.9. The third-order valence-electron chi connectivity index (χ3n) is 4.01. The summed E-state index contributed by atoms with van der Waals surface area (Å²) in [5.74, 6) is 1.66. The lowest BCUT2D eigenvalue weighted by molar-refractivity contribution is 0.345. The van der Waals surface area contributed by atoms with Gasteiger partial charge in [-0.1, -0.05) is 31.4 Å². The summed E-state index contributed by atoms with van der Waals surface area (Å²) in [6.45, 7) is 3.24. The van der Waals surface area contributed by atoms with E-state index in [0.717, 1.165) is 23.7 Å². The molecule has 0 saturated heterocycles. The van der Waals surface area contributed by atoms with Gasteiger partial charge in [0.15, 0.2) is 0 Å². The summed E-state index contributed by atoms with van der Waals surface area (Å²) >= 11 is 6.18. The molecule has 1 N–H and O–H groups in total. The second-order valence-electron chi connectivity index (χ2n) is 5.36. The molecule has 1 aromatic rings. The summed E-state index contributed by atoms with van der Waals surface area (Å²) < 4.78 is 5.52. The Morgan fingerprint density at radius 1 is 1.37 bits per heavy atom. The van der Waals surface area contributed by atoms with Gasteiger partial charge in [-0.25, -0.2) is 0 Å². The second-order valence-corrected chi connectivity index (χ2v) is 5.80. The molecular weight excluding hydrogens is 258 g/mol. The first-order valence-electron chi connectivity index (χ1n) is 7.33. The fraction of sp³-hybridized carbons (Fsp3) is 0.625. The molecule has 3 heteroatoms. The van der Waals surface area contributed by atoms with E-state index >= 15 is 0 Å². The van der Waals surface area contributed by atoms with Crippen LogP contribution in [0, 0.1) is 5.92 Å². The van der Waals surface area contributed by atoms with Gasteiger partial charge in [0.1, 0.15) is 5.75 Å². The van der Waals surface area contributed by atoms with Crippen LogP contribution in [-0.2, 0) is 0 Å². The average Bonchev–Trinajstić information content (AvgIpc) is 2.93. The number of hydrogen-bond acceptors (Lipinski definition) is 2. The highest BCUT2D eigenvalue weighted by atomic mass is 35.5. The Bertz CT molecular complexity index is 402. The summed E-state index contributed by atoms with van der Waals surface area (Å²) in [7, 11) is 1.73. The smallest absolute Gasteiger partial charge is 0.123 e. The molecule has 1 aliphatic carbocycles. The predicted molar refractivity (Wildman–Crippen MR) is 81.0 cm³/mol. The van der Waals surface area contributed by atoms with Crippen LogP contribution in [-0.4, -0.2) is 13.7 Å². The maximum absolute atomic E-state index is 6.18. The van der Waals surface area contributed by atoms with Gasteiger partial charge in [-0.3, -0.25) is 0 Å². The molecule has 1 unspecified atom stereocenters. The number of methoxy groups -OCH3 is 1. The summed E-state index contributed by atoms with van der Waals surface area (Å²) in [6, 6.07) is 6.31. The molecule has 0 aromatic heterocycles. The predicted octanol–water partition coefficient (Wildman–Crippen LogP) is 4.58. The number of benzene rings is 1. The van der Waals surface area contributed by atoms with Crippen molar-refractivity contribution >= 4 is 11.6 Å². The molecular formula is C16H24ClNO. The van der Waals surface area contributed by atoms with E-state index in [1.807, 2.05) is 12.1 Å². The Morgan fingerprint density at radius 2 is 2.11 bits per heavy atom. The van der Waals surface area contributed by atoms with Crippen LogP contribution >= 0.6 is 11.6 Å². The maximum Gasteiger partial charge on any atom is 0.123 e. The van der Waals surface area contributed by atoms with Gasteiger partial charge in [-0.2, -0.15) is 0 Å². The van der Waals surface area contributed by atoms with Crippen molar-refractivity contribution < 1.29 is 4.74 Å². The molecule has 0 radical (unpaired) electrons. The molecule has 2 nitrogen and oxygen atoms in total. The van der Waals surface area contributed by atoms with Gasteiger partial charge >= 0.3 is 0 Å². The Kier molecular flexibility index (Phi) is 5.53. The van der Waals surface area contributed by atoms with Crippen LogP contribution in [0.1, 0.15) is 50.6 Å². The van der Waals surface area contributed by atoms with Gasteiger partial charge in [-0.15, -0.1) is 0 Å². The number of rotatable bonds is 6. The van der Waals surface area contributed by atoms with Crippen LogP contribution in [0.3, 0.4) is 0 Å². The molecule has 0 heterocycles. The lowest BCUT2D eigenvalue weighted by Gasteiger charge is -2.27. The van der Waals surface area contributed by atoms with Crippen molar-refractivity contribution in [3.63, 3.8) is 0 Å². The lowest BCUT2D eigenvalue weighted by Crippen LogP contribution is -2.28. The normalized spacial score (nSPS) is 17.6. The molecule has 19 heavy (non-hydrogen) atoms. The standard InChI is InChI=1S/C16H24ClNO/c1-3-10-18-16(12-6-4-5-7-12)14-11-13(17)8-9-15(14)19-2/h8-9,11-12,16,18H,3-7,10H2,1-2H3. The van der Waals surface area contributed by atoms with Gasteiger partial charge in [0, 0.05) is 16.6 Å². The minimum absolute atomic E-state index is 0.371. The summed E-state index contributed by atoms with van der Waals surface area (Å²) in [4.78, 5) is 0. The molecule has 106 valence electrons. The summed E-state index contributed by atoms with van der Waals surface area (Å²) in [5.41, 5.74) is 1.22. The zero-order chi connectivity index (χ0) is 13.7. The van der Waals surface area contributed by atoms with Crippen molar-refractivity contribution in [1.82, 2.24) is 5.32 Å². The molecule has 0 amide bonds. The van der Waals surface area contributed by atoms with Crippen molar-refractivity contribution in [3.8, 4) is 5.75 Å². The van der Waals surface area contributed by atoms with Gasteiger partial charge in [-0.05, 0) is 49.9 Å². The van der Waals surface area contributed by atoms with E-state index in [4.69, 9.17) is 16.3 Å². The van der Waals surface area contributed by atoms with Crippen molar-refractivity contribution in [2.24, 2.45) is 5.92 Å². The van der Waals surface area contributed by atoms with Crippen LogP contribution in [0.2, 0.25) is 5.02 Å². The number of nitrogens with one attached hydrogen (secondary N) is 1. The molecule has 2 rings (SSSR count). The van der Waals surface area contributed by atoms with Crippen LogP contribution in [0.25, 0.3) is 0 Å². The van der Waals surface area contributed by atoms with Gasteiger partial charge in [0.25, 0.3) is 0 Å². The molecule has 1 saturated carbocycles. The minimum Gasteiger partial charge on any atom is -0.496 e. The molecule has 0 aliphatic heterocycles. The average molecular weight is 282 g/mol. The molecule has 1 aliphatic rings. The lowest BCUT2D eigenvalue weighted by atomic mass is 9.91. The number of hydrogen-bond donors (Lipinski definition) is 1. The fourth-order valence-electron chi connectivity index (χ4n) is 3.07. The third kappa shape index (κ3) is 3.64. The quantitative estimate of drug-likeness (QED) is 0.824.